The smallest absolute Gasteiger partial charge is 0.405 e. The number of anilines is 1. The number of hydrogen-bond donors (Lipinski definition) is 2. The fourth-order valence-electron chi connectivity index (χ4n) is 1.33. The molecule has 82 valence electrons. The summed E-state index contributed by atoms with van der Waals surface area (Å²) in [7, 11) is 0. The fraction of sp³-hybridized carbons (Fsp3) is 0.0909. The van der Waals surface area contributed by atoms with Gasteiger partial charge < -0.3 is 9.73 Å². The number of benzene rings is 1. The molecule has 1 heterocycles. The van der Waals surface area contributed by atoms with Crippen molar-refractivity contribution < 1.29 is 4.42 Å². The molecule has 0 saturated heterocycles. The van der Waals surface area contributed by atoms with E-state index in [0.717, 1.165) is 5.69 Å². The molecule has 4 nitrogen and oxygen atoms in total. The Morgan fingerprint density at radius 2 is 2.06 bits per heavy atom. The molecule has 0 radical (unpaired) electrons. The van der Waals surface area contributed by atoms with Crippen molar-refractivity contribution in [2.45, 2.75) is 6.92 Å². The molecular formula is C11H10N2O2S. The van der Waals surface area contributed by atoms with Crippen LogP contribution in [0.1, 0.15) is 11.5 Å². The van der Waals surface area contributed by atoms with Crippen molar-refractivity contribution in [1.29, 1.82) is 0 Å². The molecule has 16 heavy (non-hydrogen) atoms. The average Bonchev–Trinajstić information content (AvgIpc) is 2.59. The summed E-state index contributed by atoms with van der Waals surface area (Å²) in [6.45, 7) is 1.74. The average molecular weight is 234 g/mol. The molecule has 0 aliphatic heterocycles. The summed E-state index contributed by atoms with van der Waals surface area (Å²) in [6.07, 6.45) is 0. The molecule has 0 aliphatic rings. The fourth-order valence-corrected chi connectivity index (χ4v) is 1.64. The van der Waals surface area contributed by atoms with Gasteiger partial charge >= 0.3 is 5.76 Å². The predicted molar refractivity (Wildman–Crippen MR) is 65.8 cm³/mol. The zero-order valence-electron chi connectivity index (χ0n) is 8.61. The third kappa shape index (κ3) is 2.20. The number of nitrogens with one attached hydrogen (secondary N) is 2. The quantitative estimate of drug-likeness (QED) is 0.781. The summed E-state index contributed by atoms with van der Waals surface area (Å²) in [5.74, 6) is -0.117. The molecule has 5 heteroatoms. The van der Waals surface area contributed by atoms with Gasteiger partial charge in [0.1, 0.15) is 4.99 Å². The maximum atomic E-state index is 11.0. The van der Waals surface area contributed by atoms with E-state index in [1.165, 1.54) is 0 Å². The van der Waals surface area contributed by atoms with E-state index in [2.05, 4.69) is 10.3 Å². The number of hydrogen-bond acceptors (Lipinski definition) is 3. The van der Waals surface area contributed by atoms with Gasteiger partial charge in [-0.05, 0) is 19.1 Å². The molecular weight excluding hydrogens is 224 g/mol. The van der Waals surface area contributed by atoms with E-state index < -0.39 is 5.76 Å². The van der Waals surface area contributed by atoms with E-state index in [9.17, 15) is 4.79 Å². The second-order valence-corrected chi connectivity index (χ2v) is 3.70. The molecule has 0 spiro atoms. The van der Waals surface area contributed by atoms with Crippen LogP contribution in [0.25, 0.3) is 0 Å². The predicted octanol–water partition coefficient (Wildman–Crippen LogP) is 2.06. The van der Waals surface area contributed by atoms with Crippen LogP contribution in [0.15, 0.2) is 39.5 Å². The van der Waals surface area contributed by atoms with Crippen molar-refractivity contribution in [3.05, 3.63) is 52.3 Å². The number of oxazole rings is 1. The maximum absolute atomic E-state index is 11.0. The van der Waals surface area contributed by atoms with Gasteiger partial charge in [0.15, 0.2) is 5.76 Å². The summed E-state index contributed by atoms with van der Waals surface area (Å²) in [5.41, 5.74) is 1.48. The highest BCUT2D eigenvalue weighted by Gasteiger charge is 2.11. The Balaban J connectivity index is 2.21. The zero-order valence-corrected chi connectivity index (χ0v) is 9.43. The number of rotatable bonds is 2. The van der Waals surface area contributed by atoms with Crippen LogP contribution in [0.4, 0.5) is 5.69 Å². The molecule has 0 unspecified atom stereocenters. The van der Waals surface area contributed by atoms with Gasteiger partial charge in [-0.3, -0.25) is 4.98 Å². The number of H-pyrrole nitrogens is 1. The zero-order chi connectivity index (χ0) is 11.5. The third-order valence-electron chi connectivity index (χ3n) is 2.06. The van der Waals surface area contributed by atoms with E-state index in [-0.39, 0.29) is 0 Å². The first-order valence-corrected chi connectivity index (χ1v) is 5.14. The van der Waals surface area contributed by atoms with Gasteiger partial charge in [-0.2, -0.15) is 0 Å². The Morgan fingerprint density at radius 3 is 2.62 bits per heavy atom. The highest BCUT2D eigenvalue weighted by Crippen LogP contribution is 2.10. The largest absolute Gasteiger partial charge is 0.417 e. The van der Waals surface area contributed by atoms with E-state index >= 15 is 0 Å². The lowest BCUT2D eigenvalue weighted by atomic mass is 10.3. The van der Waals surface area contributed by atoms with Crippen LogP contribution in [-0.4, -0.2) is 9.97 Å². The molecule has 1 aromatic carbocycles. The minimum atomic E-state index is -0.496. The van der Waals surface area contributed by atoms with Crippen molar-refractivity contribution in [3.63, 3.8) is 0 Å². The van der Waals surface area contributed by atoms with E-state index in [4.69, 9.17) is 16.6 Å². The Bertz CT molecular complexity index is 557. The molecule has 0 saturated carbocycles. The summed E-state index contributed by atoms with van der Waals surface area (Å²) >= 11 is 5.14. The molecule has 2 rings (SSSR count). The molecule has 2 N–H and O–H groups in total. The van der Waals surface area contributed by atoms with Crippen molar-refractivity contribution in [2.24, 2.45) is 0 Å². The summed E-state index contributed by atoms with van der Waals surface area (Å²) in [4.78, 5) is 13.9. The second kappa shape index (κ2) is 4.32. The normalized spacial score (nSPS) is 10.1. The first-order chi connectivity index (χ1) is 7.66. The molecule has 0 amide bonds. The van der Waals surface area contributed by atoms with Crippen LogP contribution in [0.3, 0.4) is 0 Å². The van der Waals surface area contributed by atoms with Gasteiger partial charge in [-0.25, -0.2) is 4.79 Å². The van der Waals surface area contributed by atoms with Gasteiger partial charge in [0.05, 0.1) is 5.69 Å². The van der Waals surface area contributed by atoms with Crippen LogP contribution in [0, 0.1) is 6.92 Å². The number of para-hydroxylation sites is 1. The van der Waals surface area contributed by atoms with E-state index in [1.54, 1.807) is 6.92 Å². The van der Waals surface area contributed by atoms with Gasteiger partial charge in [-0.1, -0.05) is 30.4 Å². The lowest BCUT2D eigenvalue weighted by Gasteiger charge is -2.04. The lowest BCUT2D eigenvalue weighted by molar-refractivity contribution is 0.508. The first-order valence-electron chi connectivity index (χ1n) is 4.73. The molecule has 2 aromatic rings. The second-order valence-electron chi connectivity index (χ2n) is 3.29. The summed E-state index contributed by atoms with van der Waals surface area (Å²) < 4.78 is 4.93. The molecule has 0 atom stereocenters. The lowest BCUT2D eigenvalue weighted by Crippen LogP contribution is -2.10. The molecule has 0 bridgehead atoms. The Labute approximate surface area is 97.3 Å². The van der Waals surface area contributed by atoms with E-state index in [1.807, 2.05) is 30.3 Å². The SMILES string of the molecule is Cc1[nH]c(=O)oc1C(=S)Nc1ccccc1. The molecule has 0 aliphatic carbocycles. The van der Waals surface area contributed by atoms with Crippen LogP contribution in [0.5, 0.6) is 0 Å². The Hall–Kier alpha value is -1.88. The number of aromatic nitrogens is 1. The van der Waals surface area contributed by atoms with Crippen molar-refractivity contribution in [2.75, 3.05) is 5.32 Å². The standard InChI is InChI=1S/C11H10N2O2S/c1-7-9(15-11(14)12-7)10(16)13-8-5-3-2-4-6-8/h2-6H,1H3,(H,12,14)(H,13,16). The number of aryl methyl sites for hydroxylation is 1. The van der Waals surface area contributed by atoms with Gasteiger partial charge in [0.25, 0.3) is 0 Å². The summed E-state index contributed by atoms with van der Waals surface area (Å²) in [5, 5.41) is 2.99. The summed E-state index contributed by atoms with van der Waals surface area (Å²) in [6, 6.07) is 9.46. The topological polar surface area (TPSA) is 58.0 Å². The van der Waals surface area contributed by atoms with Crippen molar-refractivity contribution in [3.8, 4) is 0 Å². The van der Waals surface area contributed by atoms with Crippen LogP contribution in [0.2, 0.25) is 0 Å². The third-order valence-corrected chi connectivity index (χ3v) is 2.35. The molecule has 1 aromatic heterocycles. The van der Waals surface area contributed by atoms with Gasteiger partial charge in [0, 0.05) is 5.69 Å². The minimum Gasteiger partial charge on any atom is -0.405 e. The monoisotopic (exact) mass is 234 g/mol. The number of aromatic amines is 1. The minimum absolute atomic E-state index is 0.379. The van der Waals surface area contributed by atoms with Crippen LogP contribution < -0.4 is 11.1 Å². The van der Waals surface area contributed by atoms with Crippen molar-refractivity contribution in [1.82, 2.24) is 4.98 Å². The van der Waals surface area contributed by atoms with Gasteiger partial charge in [0.2, 0.25) is 0 Å². The Morgan fingerprint density at radius 1 is 1.38 bits per heavy atom. The van der Waals surface area contributed by atoms with Crippen LogP contribution in [-0.2, 0) is 0 Å². The Kier molecular flexibility index (Phi) is 2.87. The van der Waals surface area contributed by atoms with Crippen molar-refractivity contribution >= 4 is 22.9 Å². The van der Waals surface area contributed by atoms with E-state index in [0.29, 0.717) is 16.4 Å². The highest BCUT2D eigenvalue weighted by molar-refractivity contribution is 7.81. The van der Waals surface area contributed by atoms with Crippen LogP contribution >= 0.6 is 12.2 Å². The number of thiocarbonyl (C=S) groups is 1. The molecule has 0 fully saturated rings. The van der Waals surface area contributed by atoms with Gasteiger partial charge in [-0.15, -0.1) is 0 Å². The first kappa shape index (κ1) is 10.6. The maximum Gasteiger partial charge on any atom is 0.417 e. The highest BCUT2D eigenvalue weighted by atomic mass is 32.1.